The van der Waals surface area contributed by atoms with E-state index in [-0.39, 0.29) is 5.92 Å². The van der Waals surface area contributed by atoms with E-state index in [2.05, 4.69) is 57.8 Å². The topological polar surface area (TPSA) is 17.1 Å². The van der Waals surface area contributed by atoms with Crippen LogP contribution in [0.2, 0.25) is 0 Å². The van der Waals surface area contributed by atoms with Gasteiger partial charge in [0.15, 0.2) is 5.78 Å². The third kappa shape index (κ3) is 4.27. The van der Waals surface area contributed by atoms with Gasteiger partial charge in [0.05, 0.1) is 12.4 Å². The van der Waals surface area contributed by atoms with Gasteiger partial charge in [-0.15, -0.1) is 22.7 Å². The van der Waals surface area contributed by atoms with Crippen LogP contribution in [-0.2, 0) is 0 Å². The molecule has 0 N–H and O–H groups in total. The van der Waals surface area contributed by atoms with Crippen LogP contribution in [-0.4, -0.2) is 5.78 Å². The first-order chi connectivity index (χ1) is 10.1. The molecule has 1 unspecified atom stereocenters. The first-order valence-corrected chi connectivity index (χ1v) is 10.4. The van der Waals surface area contributed by atoms with Crippen molar-refractivity contribution in [1.29, 1.82) is 0 Å². The van der Waals surface area contributed by atoms with E-state index in [4.69, 9.17) is 0 Å². The van der Waals surface area contributed by atoms with E-state index < -0.39 is 0 Å². The Kier molecular flexibility index (Phi) is 6.66. The van der Waals surface area contributed by atoms with Crippen molar-refractivity contribution in [2.75, 3.05) is 0 Å². The Morgan fingerprint density at radius 2 is 2.00 bits per heavy atom. The van der Waals surface area contributed by atoms with Gasteiger partial charge in [-0.1, -0.05) is 26.7 Å². The summed E-state index contributed by atoms with van der Waals surface area (Å²) in [6.45, 7) is 4.28. The third-order valence-electron chi connectivity index (χ3n) is 3.54. The SMILES string of the molecule is CCCCC(CC)C(=O)c1ccc(-c2cc(Br)sc2Br)s1. The molecule has 0 saturated heterocycles. The van der Waals surface area contributed by atoms with E-state index in [9.17, 15) is 4.79 Å². The summed E-state index contributed by atoms with van der Waals surface area (Å²) in [6.07, 6.45) is 4.22. The maximum absolute atomic E-state index is 12.6. The van der Waals surface area contributed by atoms with Gasteiger partial charge in [-0.05, 0) is 62.9 Å². The minimum absolute atomic E-state index is 0.175. The standard InChI is InChI=1S/C16H18Br2OS2/c1-3-5-6-10(4-2)15(19)13-8-7-12(20-13)11-9-14(17)21-16(11)18/h7-10H,3-6H2,1-2H3. The second-order valence-corrected chi connectivity index (χ2v) is 9.85. The van der Waals surface area contributed by atoms with Gasteiger partial charge in [0.1, 0.15) is 0 Å². The third-order valence-corrected chi connectivity index (χ3v) is 7.01. The van der Waals surface area contributed by atoms with Crippen LogP contribution in [0.4, 0.5) is 0 Å². The summed E-state index contributed by atoms with van der Waals surface area (Å²) < 4.78 is 2.20. The Labute approximate surface area is 151 Å². The predicted octanol–water partition coefficient (Wildman–Crippen LogP) is 7.40. The Morgan fingerprint density at radius 1 is 1.24 bits per heavy atom. The first-order valence-electron chi connectivity index (χ1n) is 7.16. The van der Waals surface area contributed by atoms with E-state index in [0.717, 1.165) is 48.6 Å². The Balaban J connectivity index is 2.19. The number of hydrogen-bond donors (Lipinski definition) is 0. The highest BCUT2D eigenvalue weighted by Gasteiger charge is 2.20. The summed E-state index contributed by atoms with van der Waals surface area (Å²) in [6, 6.07) is 6.14. The van der Waals surface area contributed by atoms with Crippen LogP contribution in [0, 0.1) is 5.92 Å². The lowest BCUT2D eigenvalue weighted by Gasteiger charge is -2.11. The number of rotatable bonds is 7. The molecule has 2 aromatic heterocycles. The normalized spacial score (nSPS) is 12.6. The van der Waals surface area contributed by atoms with Crippen LogP contribution in [0.3, 0.4) is 0 Å². The highest BCUT2D eigenvalue weighted by molar-refractivity contribution is 9.12. The maximum Gasteiger partial charge on any atom is 0.175 e. The average Bonchev–Trinajstić information content (AvgIpc) is 3.05. The molecule has 0 saturated carbocycles. The molecule has 2 heterocycles. The van der Waals surface area contributed by atoms with Gasteiger partial charge in [0.25, 0.3) is 0 Å². The molecule has 0 radical (unpaired) electrons. The van der Waals surface area contributed by atoms with Gasteiger partial charge in [-0.25, -0.2) is 0 Å². The average molecular weight is 450 g/mol. The van der Waals surface area contributed by atoms with Crippen LogP contribution in [0.5, 0.6) is 0 Å². The molecular weight excluding hydrogens is 432 g/mol. The molecule has 0 aliphatic carbocycles. The van der Waals surface area contributed by atoms with Crippen molar-refractivity contribution in [3.05, 3.63) is 30.6 Å². The lowest BCUT2D eigenvalue weighted by molar-refractivity contribution is 0.0912. The zero-order valence-electron chi connectivity index (χ0n) is 12.1. The molecular formula is C16H18Br2OS2. The summed E-state index contributed by atoms with van der Waals surface area (Å²) in [5.74, 6) is 0.488. The predicted molar refractivity (Wildman–Crippen MR) is 101 cm³/mol. The van der Waals surface area contributed by atoms with Crippen molar-refractivity contribution in [2.45, 2.75) is 39.5 Å². The van der Waals surface area contributed by atoms with Crippen LogP contribution in [0.15, 0.2) is 25.8 Å². The molecule has 0 fully saturated rings. The van der Waals surface area contributed by atoms with Crippen molar-refractivity contribution < 1.29 is 4.79 Å². The lowest BCUT2D eigenvalue weighted by atomic mass is 9.94. The second-order valence-electron chi connectivity index (χ2n) is 5.01. The van der Waals surface area contributed by atoms with Crippen molar-refractivity contribution in [1.82, 2.24) is 0 Å². The molecule has 0 bridgehead atoms. The van der Waals surface area contributed by atoms with Crippen molar-refractivity contribution in [3.8, 4) is 10.4 Å². The number of thiophene rings is 2. The van der Waals surface area contributed by atoms with Crippen molar-refractivity contribution in [2.24, 2.45) is 5.92 Å². The molecule has 0 aromatic carbocycles. The number of hydrogen-bond acceptors (Lipinski definition) is 3. The minimum Gasteiger partial charge on any atom is -0.293 e. The molecule has 1 nitrogen and oxygen atoms in total. The van der Waals surface area contributed by atoms with E-state index in [1.165, 1.54) is 0 Å². The molecule has 21 heavy (non-hydrogen) atoms. The van der Waals surface area contributed by atoms with Crippen LogP contribution in [0.25, 0.3) is 10.4 Å². The van der Waals surface area contributed by atoms with E-state index in [1.807, 2.05) is 6.07 Å². The quantitative estimate of drug-likeness (QED) is 0.402. The number of carbonyl (C=O) groups excluding carboxylic acids is 1. The summed E-state index contributed by atoms with van der Waals surface area (Å²) in [5, 5.41) is 0. The minimum atomic E-state index is 0.175. The summed E-state index contributed by atoms with van der Waals surface area (Å²) in [5.41, 5.74) is 1.16. The first kappa shape index (κ1) is 17.4. The summed E-state index contributed by atoms with van der Waals surface area (Å²) in [7, 11) is 0. The van der Waals surface area contributed by atoms with Gasteiger partial charge in [0.2, 0.25) is 0 Å². The second kappa shape index (κ2) is 8.04. The smallest absolute Gasteiger partial charge is 0.175 e. The number of unbranched alkanes of at least 4 members (excludes halogenated alkanes) is 1. The molecule has 1 atom stereocenters. The fraction of sp³-hybridized carbons (Fsp3) is 0.438. The monoisotopic (exact) mass is 448 g/mol. The summed E-state index contributed by atoms with van der Waals surface area (Å²) >= 11 is 10.4. The van der Waals surface area contributed by atoms with Crippen LogP contribution >= 0.6 is 54.5 Å². The Morgan fingerprint density at radius 3 is 2.57 bits per heavy atom. The van der Waals surface area contributed by atoms with Crippen LogP contribution in [0.1, 0.15) is 49.2 Å². The van der Waals surface area contributed by atoms with Crippen molar-refractivity contribution in [3.63, 3.8) is 0 Å². The van der Waals surface area contributed by atoms with Gasteiger partial charge < -0.3 is 0 Å². The molecule has 2 aromatic rings. The largest absolute Gasteiger partial charge is 0.293 e. The summed E-state index contributed by atoms with van der Waals surface area (Å²) in [4.78, 5) is 14.6. The Hall–Kier alpha value is 0.0300. The van der Waals surface area contributed by atoms with E-state index in [0.29, 0.717) is 5.78 Å². The molecule has 0 aliphatic heterocycles. The van der Waals surface area contributed by atoms with Gasteiger partial charge >= 0.3 is 0 Å². The van der Waals surface area contributed by atoms with E-state index in [1.54, 1.807) is 22.7 Å². The fourth-order valence-electron chi connectivity index (χ4n) is 2.30. The molecule has 0 amide bonds. The fourth-order valence-corrected chi connectivity index (χ4v) is 6.38. The van der Waals surface area contributed by atoms with Crippen molar-refractivity contribution >= 4 is 60.3 Å². The van der Waals surface area contributed by atoms with Gasteiger partial charge in [0, 0.05) is 16.4 Å². The molecule has 114 valence electrons. The maximum atomic E-state index is 12.6. The van der Waals surface area contributed by atoms with Gasteiger partial charge in [-0.3, -0.25) is 4.79 Å². The zero-order chi connectivity index (χ0) is 15.4. The number of Topliss-reactive ketones (excluding diaryl/α,β-unsaturated/α-hetero) is 1. The number of carbonyl (C=O) groups is 1. The molecule has 0 aliphatic rings. The van der Waals surface area contributed by atoms with Gasteiger partial charge in [-0.2, -0.15) is 0 Å². The lowest BCUT2D eigenvalue weighted by Crippen LogP contribution is -2.12. The Bertz CT molecular complexity index is 616. The highest BCUT2D eigenvalue weighted by atomic mass is 79.9. The molecule has 2 rings (SSSR count). The number of ketones is 1. The number of halogens is 2. The van der Waals surface area contributed by atoms with E-state index >= 15 is 0 Å². The zero-order valence-corrected chi connectivity index (χ0v) is 16.9. The highest BCUT2D eigenvalue weighted by Crippen LogP contribution is 2.41. The molecule has 5 heteroatoms. The van der Waals surface area contributed by atoms with Crippen LogP contribution < -0.4 is 0 Å². The molecule has 0 spiro atoms.